The van der Waals surface area contributed by atoms with E-state index in [4.69, 9.17) is 24.3 Å². The van der Waals surface area contributed by atoms with Gasteiger partial charge in [0, 0.05) is 19.4 Å². The lowest BCUT2D eigenvalue weighted by Gasteiger charge is -2.19. The van der Waals surface area contributed by atoms with E-state index in [9.17, 15) is 19.0 Å². The smallest absolute Gasteiger partial charge is 0.462 e. The second kappa shape index (κ2) is 62.1. The molecule has 0 saturated heterocycles. The van der Waals surface area contributed by atoms with Gasteiger partial charge in [-0.25, -0.2) is 4.57 Å². The second-order valence-electron chi connectivity index (χ2n) is 18.7. The number of carbonyl (C=O) groups excluding carboxylic acids is 2. The number of esters is 2. The average Bonchev–Trinajstić information content (AvgIpc) is 3.44. The lowest BCUT2D eigenvalue weighted by Crippen LogP contribution is -2.29. The number of phosphoric ester groups is 1. The molecule has 0 saturated carbocycles. The monoisotopic (exact) mass is 1110 g/mol. The fourth-order valence-corrected chi connectivity index (χ4v) is 7.91. The van der Waals surface area contributed by atoms with Gasteiger partial charge in [0.1, 0.15) is 6.61 Å². The minimum Gasteiger partial charge on any atom is -0.462 e. The van der Waals surface area contributed by atoms with Crippen LogP contribution in [0.15, 0.2) is 194 Å². The number of carbonyl (C=O) groups is 2. The number of ether oxygens (including phenoxy) is 2. The van der Waals surface area contributed by atoms with Crippen LogP contribution in [0, 0.1) is 0 Å². The third kappa shape index (κ3) is 61.9. The summed E-state index contributed by atoms with van der Waals surface area (Å²) in [4.78, 5) is 35.1. The van der Waals surface area contributed by atoms with Gasteiger partial charge in [0.15, 0.2) is 6.10 Å². The summed E-state index contributed by atoms with van der Waals surface area (Å²) in [5.74, 6) is -0.927. The van der Waals surface area contributed by atoms with Crippen molar-refractivity contribution in [2.75, 3.05) is 26.4 Å². The van der Waals surface area contributed by atoms with Crippen LogP contribution in [0.5, 0.6) is 0 Å². The van der Waals surface area contributed by atoms with Crippen molar-refractivity contribution >= 4 is 19.8 Å². The Hall–Kier alpha value is -5.15. The van der Waals surface area contributed by atoms with Gasteiger partial charge in [-0.1, -0.05) is 240 Å². The molecule has 0 amide bonds. The molecule has 440 valence electrons. The Balaban J connectivity index is 4.08. The van der Waals surface area contributed by atoms with Gasteiger partial charge in [-0.15, -0.1) is 0 Å². The van der Waals surface area contributed by atoms with Crippen LogP contribution in [0.25, 0.3) is 0 Å². The van der Waals surface area contributed by atoms with E-state index in [1.54, 1.807) is 0 Å². The first-order chi connectivity index (χ1) is 38.8. The Kier molecular flexibility index (Phi) is 58.0. The molecule has 0 aliphatic heterocycles. The maximum absolute atomic E-state index is 12.7. The van der Waals surface area contributed by atoms with E-state index in [1.807, 2.05) is 6.08 Å². The first-order valence-corrected chi connectivity index (χ1v) is 31.4. The topological polar surface area (TPSA) is 134 Å². The molecule has 0 rings (SSSR count). The molecular weight excluding hydrogens is 1000 g/mol. The maximum atomic E-state index is 12.7. The Labute approximate surface area is 481 Å². The van der Waals surface area contributed by atoms with Crippen LogP contribution in [-0.4, -0.2) is 49.3 Å². The lowest BCUT2D eigenvalue weighted by molar-refractivity contribution is -0.161. The third-order valence-electron chi connectivity index (χ3n) is 11.5. The molecule has 0 aromatic carbocycles. The number of nitrogens with two attached hydrogens (primary N) is 1. The first kappa shape index (κ1) is 73.8. The highest BCUT2D eigenvalue weighted by Gasteiger charge is 2.26. The summed E-state index contributed by atoms with van der Waals surface area (Å²) in [7, 11) is -4.42. The van der Waals surface area contributed by atoms with E-state index < -0.39 is 32.5 Å². The van der Waals surface area contributed by atoms with Crippen LogP contribution in [-0.2, 0) is 32.7 Å². The largest absolute Gasteiger partial charge is 0.472 e. The zero-order valence-corrected chi connectivity index (χ0v) is 49.9. The molecule has 2 atom stereocenters. The molecular formula is C69H106NO8P. The number of hydrogen-bond acceptors (Lipinski definition) is 8. The number of rotatable bonds is 53. The average molecular weight is 1110 g/mol. The van der Waals surface area contributed by atoms with E-state index in [2.05, 4.69) is 202 Å². The molecule has 2 unspecified atom stereocenters. The second-order valence-corrected chi connectivity index (χ2v) is 20.2. The molecule has 0 aromatic rings. The standard InChI is InChI=1S/C69H106NO8P/c1-3-5-7-9-11-13-15-17-19-21-22-23-24-25-26-27-28-29-30-31-32-33-34-35-36-37-38-39-40-41-42-43-44-46-48-50-52-54-56-58-60-62-69(72)78-67(66-77-79(73,74)76-64-63-70)65-75-68(71)61-59-57-55-53-51-49-47-45-20-18-16-14-12-10-8-6-4-2/h5-8,11-14,17-20,22-23,25-26,28-29,31-32,34-35,37-38,40-41,43-44,47,49,53,55,67H,3-4,9-10,15-16,21,24,27,30,33,36,39,42,45-46,48,50-52,54,56-66,70H2,1-2H3,(H,73,74)/b7-5-,8-6-,13-11-,14-12-,19-17-,20-18-,23-22-,26-25-,29-28-,32-31-,35-34-,38-37-,41-40-,44-43-,49-47-,55-53-. The van der Waals surface area contributed by atoms with Crippen LogP contribution in [0.1, 0.15) is 194 Å². The molecule has 3 N–H and O–H groups in total. The highest BCUT2D eigenvalue weighted by Crippen LogP contribution is 2.43. The highest BCUT2D eigenvalue weighted by atomic mass is 31.2. The van der Waals surface area contributed by atoms with Crippen LogP contribution in [0.3, 0.4) is 0 Å². The molecule has 10 heteroatoms. The molecule has 0 spiro atoms. The number of allylic oxidation sites excluding steroid dienone is 32. The summed E-state index contributed by atoms with van der Waals surface area (Å²) in [5, 5.41) is 0. The van der Waals surface area contributed by atoms with Crippen LogP contribution in [0.2, 0.25) is 0 Å². The Morgan fingerprint density at radius 1 is 0.380 bits per heavy atom. The fraction of sp³-hybridized carbons (Fsp3) is 0.507. The molecule has 0 aliphatic rings. The summed E-state index contributed by atoms with van der Waals surface area (Å²) in [6, 6.07) is 0. The maximum Gasteiger partial charge on any atom is 0.472 e. The van der Waals surface area contributed by atoms with Gasteiger partial charge < -0.3 is 20.1 Å². The van der Waals surface area contributed by atoms with Gasteiger partial charge in [0.25, 0.3) is 0 Å². The van der Waals surface area contributed by atoms with Crippen LogP contribution in [0.4, 0.5) is 0 Å². The third-order valence-corrected chi connectivity index (χ3v) is 12.5. The van der Waals surface area contributed by atoms with Crippen molar-refractivity contribution in [2.24, 2.45) is 5.73 Å². The van der Waals surface area contributed by atoms with E-state index in [0.717, 1.165) is 141 Å². The van der Waals surface area contributed by atoms with Crippen molar-refractivity contribution in [1.82, 2.24) is 0 Å². The number of hydrogen-bond donors (Lipinski definition) is 2. The minimum absolute atomic E-state index is 0.0331. The molecule has 79 heavy (non-hydrogen) atoms. The van der Waals surface area contributed by atoms with Gasteiger partial charge in [-0.2, -0.15) is 0 Å². The van der Waals surface area contributed by atoms with Gasteiger partial charge in [-0.3, -0.25) is 18.6 Å². The fourth-order valence-electron chi connectivity index (χ4n) is 7.14. The van der Waals surface area contributed by atoms with Gasteiger partial charge >= 0.3 is 19.8 Å². The van der Waals surface area contributed by atoms with Crippen molar-refractivity contribution in [3.63, 3.8) is 0 Å². The van der Waals surface area contributed by atoms with Crippen molar-refractivity contribution in [2.45, 2.75) is 200 Å². The zero-order valence-electron chi connectivity index (χ0n) is 49.0. The van der Waals surface area contributed by atoms with E-state index in [-0.39, 0.29) is 32.6 Å². The van der Waals surface area contributed by atoms with Crippen molar-refractivity contribution < 1.29 is 37.6 Å². The summed E-state index contributed by atoms with van der Waals surface area (Å²) in [6.07, 6.45) is 95.0. The van der Waals surface area contributed by atoms with Gasteiger partial charge in [0.2, 0.25) is 0 Å². The summed E-state index contributed by atoms with van der Waals surface area (Å²) in [5.41, 5.74) is 5.37. The van der Waals surface area contributed by atoms with E-state index in [0.29, 0.717) is 12.8 Å². The van der Waals surface area contributed by atoms with E-state index >= 15 is 0 Å². The summed E-state index contributed by atoms with van der Waals surface area (Å²) in [6.45, 7) is 3.39. The minimum atomic E-state index is -4.42. The normalized spacial score (nSPS) is 14.4. The van der Waals surface area contributed by atoms with E-state index in [1.165, 1.54) is 12.8 Å². The molecule has 0 aromatic heterocycles. The quantitative estimate of drug-likeness (QED) is 0.0264. The lowest BCUT2D eigenvalue weighted by atomic mass is 10.1. The van der Waals surface area contributed by atoms with Crippen molar-refractivity contribution in [3.8, 4) is 0 Å². The van der Waals surface area contributed by atoms with Crippen molar-refractivity contribution in [1.29, 1.82) is 0 Å². The Morgan fingerprint density at radius 3 is 1.01 bits per heavy atom. The molecule has 0 bridgehead atoms. The van der Waals surface area contributed by atoms with Gasteiger partial charge in [0.05, 0.1) is 13.2 Å². The Bertz CT molecular complexity index is 1990. The summed E-state index contributed by atoms with van der Waals surface area (Å²) >= 11 is 0. The molecule has 0 heterocycles. The summed E-state index contributed by atoms with van der Waals surface area (Å²) < 4.78 is 32.9. The molecule has 9 nitrogen and oxygen atoms in total. The number of unbranched alkanes of at least 4 members (excludes halogenated alkanes) is 8. The predicted molar refractivity (Wildman–Crippen MR) is 338 cm³/mol. The van der Waals surface area contributed by atoms with Gasteiger partial charge in [-0.05, 0) is 135 Å². The first-order valence-electron chi connectivity index (χ1n) is 29.9. The zero-order chi connectivity index (χ0) is 57.3. The SMILES string of the molecule is CC/C=C\C/C=C\C/C=C\C/C=C\C/C=C\C/C=C\C/C=C\C/C=C\C/C=C\C/C=C\C/C=C\CCCCCCCCCC(=O)OC(COC(=O)CCC/C=C\C/C=C\C/C=C\C/C=C\C/C=C\CC)COP(=O)(O)OCCN. The predicted octanol–water partition coefficient (Wildman–Crippen LogP) is 19.4. The van der Waals surface area contributed by atoms with Crippen molar-refractivity contribution in [3.05, 3.63) is 194 Å². The molecule has 0 radical (unpaired) electrons. The Morgan fingerprint density at radius 2 is 0.671 bits per heavy atom. The van der Waals surface area contributed by atoms with Crippen LogP contribution >= 0.6 is 7.82 Å². The van der Waals surface area contributed by atoms with Crippen LogP contribution < -0.4 is 5.73 Å². The number of phosphoric acid groups is 1. The molecule has 0 aliphatic carbocycles. The highest BCUT2D eigenvalue weighted by molar-refractivity contribution is 7.47. The molecule has 0 fully saturated rings.